The predicted octanol–water partition coefficient (Wildman–Crippen LogP) is 4.50. The van der Waals surface area contributed by atoms with E-state index in [-0.39, 0.29) is 0 Å². The van der Waals surface area contributed by atoms with E-state index in [1.165, 1.54) is 57.1 Å². The molecular weight excluding hydrogens is 228 g/mol. The van der Waals surface area contributed by atoms with Crippen LogP contribution in [0.3, 0.4) is 0 Å². The molecule has 0 aromatic carbocycles. The number of hydrogen-bond acceptors (Lipinski definition) is 2. The van der Waals surface area contributed by atoms with E-state index >= 15 is 0 Å². The van der Waals surface area contributed by atoms with Gasteiger partial charge in [-0.3, -0.25) is 0 Å². The fourth-order valence-corrected chi connectivity index (χ4v) is 4.86. The van der Waals surface area contributed by atoms with Gasteiger partial charge in [0.1, 0.15) is 0 Å². The highest BCUT2D eigenvalue weighted by molar-refractivity contribution is 7.99. The minimum atomic E-state index is 0.521. The molecule has 2 heteroatoms. The Kier molecular flexibility index (Phi) is 5.68. The average Bonchev–Trinajstić information content (AvgIpc) is 2.39. The summed E-state index contributed by atoms with van der Waals surface area (Å²) in [5.74, 6) is 3.20. The first-order valence-corrected chi connectivity index (χ1v) is 8.49. The molecule has 2 saturated carbocycles. The quantitative estimate of drug-likeness (QED) is 0.732. The molecule has 0 bridgehead atoms. The molecule has 0 N–H and O–H groups in total. The number of ether oxygens (including phenoxy) is 1. The van der Waals surface area contributed by atoms with Crippen molar-refractivity contribution in [3.05, 3.63) is 0 Å². The van der Waals surface area contributed by atoms with Crippen molar-refractivity contribution >= 4 is 11.8 Å². The zero-order chi connectivity index (χ0) is 12.1. The predicted molar refractivity (Wildman–Crippen MR) is 76.6 cm³/mol. The molecule has 0 aromatic heterocycles. The molecule has 0 spiro atoms. The third-order valence-corrected chi connectivity index (χ3v) is 6.23. The summed E-state index contributed by atoms with van der Waals surface area (Å²) in [6.07, 6.45) is 12.0. The Hall–Kier alpha value is 0.310. The first-order chi connectivity index (χ1) is 8.29. The van der Waals surface area contributed by atoms with Gasteiger partial charge < -0.3 is 4.74 Å². The molecular formula is C15H28OS. The zero-order valence-electron chi connectivity index (χ0n) is 11.5. The van der Waals surface area contributed by atoms with Crippen LogP contribution in [-0.2, 0) is 4.74 Å². The van der Waals surface area contributed by atoms with Crippen molar-refractivity contribution in [3.8, 4) is 0 Å². The van der Waals surface area contributed by atoms with E-state index in [1.54, 1.807) is 0 Å². The highest BCUT2D eigenvalue weighted by Crippen LogP contribution is 2.36. The fourth-order valence-electron chi connectivity index (χ4n) is 3.35. The summed E-state index contributed by atoms with van der Waals surface area (Å²) in [6, 6.07) is 0. The third kappa shape index (κ3) is 4.17. The maximum Gasteiger partial charge on any atom is 0.0607 e. The summed E-state index contributed by atoms with van der Waals surface area (Å²) < 4.78 is 5.61. The fraction of sp³-hybridized carbons (Fsp3) is 1.00. The normalized spacial score (nSPS) is 36.0. The Morgan fingerprint density at radius 1 is 1.06 bits per heavy atom. The summed E-state index contributed by atoms with van der Waals surface area (Å²) in [4.78, 5) is 0. The molecule has 0 aromatic rings. The minimum absolute atomic E-state index is 0.521. The molecule has 2 aliphatic rings. The Bertz CT molecular complexity index is 213. The van der Waals surface area contributed by atoms with Crippen molar-refractivity contribution < 1.29 is 4.74 Å². The molecule has 3 unspecified atom stereocenters. The van der Waals surface area contributed by atoms with E-state index in [4.69, 9.17) is 4.74 Å². The van der Waals surface area contributed by atoms with Crippen LogP contribution in [0, 0.1) is 11.8 Å². The van der Waals surface area contributed by atoms with Crippen LogP contribution in [0.5, 0.6) is 0 Å². The second-order valence-electron chi connectivity index (χ2n) is 6.02. The van der Waals surface area contributed by atoms with Crippen molar-refractivity contribution in [3.63, 3.8) is 0 Å². The summed E-state index contributed by atoms with van der Waals surface area (Å²) in [7, 11) is 1.88. The lowest BCUT2D eigenvalue weighted by atomic mass is 9.87. The summed E-state index contributed by atoms with van der Waals surface area (Å²) in [5, 5.41) is 0.873. The van der Waals surface area contributed by atoms with Gasteiger partial charge >= 0.3 is 0 Å². The van der Waals surface area contributed by atoms with Crippen LogP contribution in [0.25, 0.3) is 0 Å². The van der Waals surface area contributed by atoms with Crippen LogP contribution in [0.1, 0.15) is 58.3 Å². The van der Waals surface area contributed by atoms with Crippen LogP contribution >= 0.6 is 11.8 Å². The van der Waals surface area contributed by atoms with Gasteiger partial charge in [0.25, 0.3) is 0 Å². The van der Waals surface area contributed by atoms with Gasteiger partial charge in [0, 0.05) is 12.4 Å². The standard InChI is InChI=1S/C15H28OS/c1-12-8-9-14(10-15(12)16-2)17-11-13-6-4-3-5-7-13/h12-15H,3-11H2,1-2H3. The first-order valence-electron chi connectivity index (χ1n) is 7.44. The topological polar surface area (TPSA) is 9.23 Å². The van der Waals surface area contributed by atoms with Crippen LogP contribution in [0.15, 0.2) is 0 Å². The van der Waals surface area contributed by atoms with Crippen molar-refractivity contribution in [2.45, 2.75) is 69.6 Å². The van der Waals surface area contributed by atoms with Gasteiger partial charge in [-0.15, -0.1) is 0 Å². The maximum absolute atomic E-state index is 5.61. The average molecular weight is 256 g/mol. The maximum atomic E-state index is 5.61. The van der Waals surface area contributed by atoms with Crippen molar-refractivity contribution in [2.75, 3.05) is 12.9 Å². The van der Waals surface area contributed by atoms with Gasteiger partial charge in [0.05, 0.1) is 6.10 Å². The van der Waals surface area contributed by atoms with E-state index < -0.39 is 0 Å². The van der Waals surface area contributed by atoms with Gasteiger partial charge in [0.2, 0.25) is 0 Å². The van der Waals surface area contributed by atoms with Gasteiger partial charge in [-0.25, -0.2) is 0 Å². The van der Waals surface area contributed by atoms with Crippen molar-refractivity contribution in [1.29, 1.82) is 0 Å². The molecule has 2 fully saturated rings. The van der Waals surface area contributed by atoms with E-state index in [9.17, 15) is 0 Å². The SMILES string of the molecule is COC1CC(SCC2CCCCC2)CCC1C. The van der Waals surface area contributed by atoms with Crippen LogP contribution < -0.4 is 0 Å². The Morgan fingerprint density at radius 2 is 1.82 bits per heavy atom. The molecule has 2 rings (SSSR count). The molecule has 0 aliphatic heterocycles. The second-order valence-corrected chi connectivity index (χ2v) is 7.36. The first kappa shape index (κ1) is 13.7. The molecule has 3 atom stereocenters. The van der Waals surface area contributed by atoms with E-state index in [0.29, 0.717) is 6.10 Å². The van der Waals surface area contributed by atoms with Crippen molar-refractivity contribution in [2.24, 2.45) is 11.8 Å². The second kappa shape index (κ2) is 7.04. The molecule has 1 nitrogen and oxygen atoms in total. The van der Waals surface area contributed by atoms with Gasteiger partial charge in [0.15, 0.2) is 0 Å². The van der Waals surface area contributed by atoms with E-state index in [2.05, 4.69) is 18.7 Å². The highest BCUT2D eigenvalue weighted by atomic mass is 32.2. The number of rotatable bonds is 4. The molecule has 100 valence electrons. The largest absolute Gasteiger partial charge is 0.381 e. The molecule has 0 heterocycles. The molecule has 0 amide bonds. The molecule has 2 aliphatic carbocycles. The Labute approximate surface area is 111 Å². The summed E-state index contributed by atoms with van der Waals surface area (Å²) in [6.45, 7) is 2.34. The smallest absolute Gasteiger partial charge is 0.0607 e. The molecule has 0 saturated heterocycles. The zero-order valence-corrected chi connectivity index (χ0v) is 12.3. The number of methoxy groups -OCH3 is 1. The van der Waals surface area contributed by atoms with E-state index in [1.807, 2.05) is 7.11 Å². The van der Waals surface area contributed by atoms with Crippen LogP contribution in [0.2, 0.25) is 0 Å². The highest BCUT2D eigenvalue weighted by Gasteiger charge is 2.28. The van der Waals surface area contributed by atoms with Gasteiger partial charge in [-0.1, -0.05) is 26.2 Å². The van der Waals surface area contributed by atoms with Gasteiger partial charge in [-0.2, -0.15) is 11.8 Å². The Morgan fingerprint density at radius 3 is 2.53 bits per heavy atom. The lowest BCUT2D eigenvalue weighted by molar-refractivity contribution is 0.0331. The summed E-state index contributed by atoms with van der Waals surface area (Å²) >= 11 is 2.25. The van der Waals surface area contributed by atoms with Gasteiger partial charge in [-0.05, 0) is 49.7 Å². The summed E-state index contributed by atoms with van der Waals surface area (Å²) in [5.41, 5.74) is 0. The lowest BCUT2D eigenvalue weighted by Crippen LogP contribution is -2.31. The molecule has 0 radical (unpaired) electrons. The van der Waals surface area contributed by atoms with Crippen LogP contribution in [0.4, 0.5) is 0 Å². The Balaban J connectivity index is 1.68. The molecule has 17 heavy (non-hydrogen) atoms. The lowest BCUT2D eigenvalue weighted by Gasteiger charge is -2.34. The van der Waals surface area contributed by atoms with E-state index in [0.717, 1.165) is 17.1 Å². The minimum Gasteiger partial charge on any atom is -0.381 e. The monoisotopic (exact) mass is 256 g/mol. The number of hydrogen-bond donors (Lipinski definition) is 0. The third-order valence-electron chi connectivity index (χ3n) is 4.67. The van der Waals surface area contributed by atoms with Crippen LogP contribution in [-0.4, -0.2) is 24.2 Å². The van der Waals surface area contributed by atoms with Crippen molar-refractivity contribution in [1.82, 2.24) is 0 Å². The number of thioether (sulfide) groups is 1.